The molecule has 3 aliphatic rings. The van der Waals surface area contributed by atoms with Crippen molar-refractivity contribution in [3.63, 3.8) is 0 Å². The molecule has 0 aromatic heterocycles. The van der Waals surface area contributed by atoms with Gasteiger partial charge in [0.15, 0.2) is 0 Å². The number of piperidine rings is 1. The van der Waals surface area contributed by atoms with E-state index in [1.54, 1.807) is 12.0 Å². The van der Waals surface area contributed by atoms with E-state index in [1.165, 1.54) is 5.57 Å². The lowest BCUT2D eigenvalue weighted by atomic mass is 9.94. The molecule has 3 fully saturated rings. The first-order valence-corrected chi connectivity index (χ1v) is 9.11. The summed E-state index contributed by atoms with van der Waals surface area (Å²) in [5.41, 5.74) is 1.92. The van der Waals surface area contributed by atoms with Crippen LogP contribution in [0.1, 0.15) is 26.7 Å². The van der Waals surface area contributed by atoms with Gasteiger partial charge < -0.3 is 19.9 Å². The van der Waals surface area contributed by atoms with Gasteiger partial charge in [-0.05, 0) is 51.0 Å². The molecular formula is C20H27N3O3. The summed E-state index contributed by atoms with van der Waals surface area (Å²) in [7, 11) is 1.61. The highest BCUT2D eigenvalue weighted by Gasteiger charge is 2.41. The highest BCUT2D eigenvalue weighted by Crippen LogP contribution is 2.29. The molecule has 3 heterocycles. The third-order valence-electron chi connectivity index (χ3n) is 5.12. The number of ether oxygens (including phenoxy) is 1. The lowest BCUT2D eigenvalue weighted by Crippen LogP contribution is -2.48. The van der Waals surface area contributed by atoms with E-state index < -0.39 is 0 Å². The first-order chi connectivity index (χ1) is 12.5. The van der Waals surface area contributed by atoms with Crippen LogP contribution in [0.3, 0.4) is 0 Å². The SMILES string of the molecule is COc1ccc(NC(=O)N2C[C@H]3CC[C@@H](C2)N(CC=C(C)C)C3=O)cc1. The van der Waals surface area contributed by atoms with Crippen LogP contribution in [-0.2, 0) is 4.79 Å². The molecule has 6 heteroatoms. The Balaban J connectivity index is 1.68. The number of anilines is 1. The van der Waals surface area contributed by atoms with E-state index in [1.807, 2.05) is 43.0 Å². The fraction of sp³-hybridized carbons (Fsp3) is 0.500. The van der Waals surface area contributed by atoms with Crippen molar-refractivity contribution in [2.45, 2.75) is 32.7 Å². The van der Waals surface area contributed by atoms with Gasteiger partial charge in [-0.25, -0.2) is 4.79 Å². The zero-order chi connectivity index (χ0) is 18.7. The molecule has 2 bridgehead atoms. The van der Waals surface area contributed by atoms with Crippen LogP contribution in [0.5, 0.6) is 5.75 Å². The van der Waals surface area contributed by atoms with Gasteiger partial charge in [0.2, 0.25) is 5.91 Å². The molecule has 0 spiro atoms. The van der Waals surface area contributed by atoms with E-state index in [2.05, 4.69) is 11.4 Å². The minimum Gasteiger partial charge on any atom is -0.497 e. The molecule has 6 nitrogen and oxygen atoms in total. The summed E-state index contributed by atoms with van der Waals surface area (Å²) in [6.45, 7) is 5.78. The molecule has 140 valence electrons. The van der Waals surface area contributed by atoms with E-state index in [0.29, 0.717) is 19.6 Å². The standard InChI is InChI=1S/C20H27N3O3/c1-14(2)10-11-23-17-7-4-15(19(23)24)12-22(13-17)20(25)21-16-5-8-18(26-3)9-6-16/h5-6,8-10,15,17H,4,7,11-13H2,1-3H3,(H,21,25)/t15-,17+/m1/s1. The molecule has 2 atom stereocenters. The molecular weight excluding hydrogens is 330 g/mol. The Kier molecular flexibility index (Phi) is 5.49. The van der Waals surface area contributed by atoms with E-state index in [-0.39, 0.29) is 23.9 Å². The quantitative estimate of drug-likeness (QED) is 0.842. The number of carbonyl (C=O) groups is 2. The van der Waals surface area contributed by atoms with E-state index in [9.17, 15) is 9.59 Å². The first-order valence-electron chi connectivity index (χ1n) is 9.11. The molecule has 0 radical (unpaired) electrons. The van der Waals surface area contributed by atoms with Crippen LogP contribution >= 0.6 is 0 Å². The third kappa shape index (κ3) is 4.00. The van der Waals surface area contributed by atoms with Crippen molar-refractivity contribution in [3.05, 3.63) is 35.9 Å². The van der Waals surface area contributed by atoms with Gasteiger partial charge in [0, 0.05) is 31.4 Å². The van der Waals surface area contributed by atoms with Gasteiger partial charge >= 0.3 is 6.03 Å². The van der Waals surface area contributed by atoms with Gasteiger partial charge in [0.1, 0.15) is 5.75 Å². The highest BCUT2D eigenvalue weighted by molar-refractivity contribution is 5.90. The first kappa shape index (κ1) is 18.3. The van der Waals surface area contributed by atoms with Crippen molar-refractivity contribution in [1.82, 2.24) is 9.80 Å². The molecule has 1 aromatic carbocycles. The number of urea groups is 1. The Morgan fingerprint density at radius 2 is 1.96 bits per heavy atom. The van der Waals surface area contributed by atoms with Gasteiger partial charge in [-0.1, -0.05) is 11.6 Å². The molecule has 0 unspecified atom stereocenters. The van der Waals surface area contributed by atoms with Gasteiger partial charge in [-0.3, -0.25) is 4.79 Å². The largest absolute Gasteiger partial charge is 0.497 e. The minimum absolute atomic E-state index is 0.0958. The maximum absolute atomic E-state index is 12.7. The van der Waals surface area contributed by atoms with Crippen molar-refractivity contribution >= 4 is 17.6 Å². The Morgan fingerprint density at radius 3 is 2.62 bits per heavy atom. The summed E-state index contributed by atoms with van der Waals surface area (Å²) in [4.78, 5) is 29.2. The lowest BCUT2D eigenvalue weighted by Gasteiger charge is -2.35. The lowest BCUT2D eigenvalue weighted by molar-refractivity contribution is -0.139. The number of fused-ring (bicyclic) bond motifs is 4. The van der Waals surface area contributed by atoms with E-state index >= 15 is 0 Å². The van der Waals surface area contributed by atoms with Crippen molar-refractivity contribution in [1.29, 1.82) is 0 Å². The van der Waals surface area contributed by atoms with Crippen molar-refractivity contribution in [3.8, 4) is 5.75 Å². The number of allylic oxidation sites excluding steroid dienone is 1. The van der Waals surface area contributed by atoms with Crippen LogP contribution < -0.4 is 10.1 Å². The Labute approximate surface area is 154 Å². The molecule has 3 aliphatic heterocycles. The smallest absolute Gasteiger partial charge is 0.321 e. The Morgan fingerprint density at radius 1 is 1.23 bits per heavy atom. The molecule has 26 heavy (non-hydrogen) atoms. The molecule has 3 amide bonds. The average Bonchev–Trinajstić information content (AvgIpc) is 2.92. The number of methoxy groups -OCH3 is 1. The third-order valence-corrected chi connectivity index (χ3v) is 5.12. The van der Waals surface area contributed by atoms with Crippen LogP contribution in [-0.4, -0.2) is 54.5 Å². The summed E-state index contributed by atoms with van der Waals surface area (Å²) in [5.74, 6) is 0.829. The number of rotatable bonds is 4. The Hall–Kier alpha value is -2.50. The minimum atomic E-state index is -0.149. The predicted molar refractivity (Wildman–Crippen MR) is 101 cm³/mol. The second-order valence-corrected chi connectivity index (χ2v) is 7.26. The second-order valence-electron chi connectivity index (χ2n) is 7.26. The van der Waals surface area contributed by atoms with Gasteiger partial charge in [0.05, 0.1) is 13.0 Å². The van der Waals surface area contributed by atoms with Crippen LogP contribution in [0.15, 0.2) is 35.9 Å². The highest BCUT2D eigenvalue weighted by atomic mass is 16.5. The zero-order valence-electron chi connectivity index (χ0n) is 15.7. The van der Waals surface area contributed by atoms with Crippen molar-refractivity contribution in [2.24, 2.45) is 5.92 Å². The maximum Gasteiger partial charge on any atom is 0.321 e. The topological polar surface area (TPSA) is 61.9 Å². The number of carbonyl (C=O) groups excluding carboxylic acids is 2. The molecule has 0 aliphatic carbocycles. The summed E-state index contributed by atoms with van der Waals surface area (Å²) < 4.78 is 5.14. The summed E-state index contributed by atoms with van der Waals surface area (Å²) in [6.07, 6.45) is 3.90. The van der Waals surface area contributed by atoms with E-state index in [4.69, 9.17) is 4.74 Å². The normalized spacial score (nSPS) is 22.0. The van der Waals surface area contributed by atoms with Crippen molar-refractivity contribution < 1.29 is 14.3 Å². The molecule has 4 rings (SSSR count). The fourth-order valence-corrected chi connectivity index (χ4v) is 3.60. The molecule has 1 aromatic rings. The number of benzene rings is 1. The van der Waals surface area contributed by atoms with Gasteiger partial charge in [-0.15, -0.1) is 0 Å². The van der Waals surface area contributed by atoms with Crippen molar-refractivity contribution in [2.75, 3.05) is 32.1 Å². The number of nitrogens with one attached hydrogen (secondary N) is 1. The predicted octanol–water partition coefficient (Wildman–Crippen LogP) is 3.12. The molecule has 3 saturated heterocycles. The maximum atomic E-state index is 12.7. The van der Waals surface area contributed by atoms with Crippen LogP contribution in [0.25, 0.3) is 0 Å². The number of nitrogens with zero attached hydrogens (tertiary/aromatic N) is 2. The van der Waals surface area contributed by atoms with Gasteiger partial charge in [-0.2, -0.15) is 0 Å². The molecule has 0 saturated carbocycles. The van der Waals surface area contributed by atoms with Crippen LogP contribution in [0.4, 0.5) is 10.5 Å². The summed E-state index contributed by atoms with van der Waals surface area (Å²) in [5, 5.41) is 2.93. The Bertz CT molecular complexity index is 695. The van der Waals surface area contributed by atoms with Gasteiger partial charge in [0.25, 0.3) is 0 Å². The summed E-state index contributed by atoms with van der Waals surface area (Å²) >= 11 is 0. The van der Waals surface area contributed by atoms with E-state index in [0.717, 1.165) is 24.3 Å². The second kappa shape index (κ2) is 7.81. The number of amides is 3. The zero-order valence-corrected chi connectivity index (χ0v) is 15.7. The summed E-state index contributed by atoms with van der Waals surface area (Å²) in [6, 6.07) is 7.20. The average molecular weight is 357 g/mol. The van der Waals surface area contributed by atoms with Crippen LogP contribution in [0.2, 0.25) is 0 Å². The molecule has 1 N–H and O–H groups in total. The fourth-order valence-electron chi connectivity index (χ4n) is 3.60. The van der Waals surface area contributed by atoms with Crippen LogP contribution in [0, 0.1) is 5.92 Å². The number of hydrogen-bond donors (Lipinski definition) is 1. The monoisotopic (exact) mass is 357 g/mol. The number of hydrogen-bond acceptors (Lipinski definition) is 3.